The molecule has 0 N–H and O–H groups in total. The summed E-state index contributed by atoms with van der Waals surface area (Å²) in [6.45, 7) is 0.826. The Bertz CT molecular complexity index is 1160. The van der Waals surface area contributed by atoms with E-state index in [4.69, 9.17) is 32.7 Å². The number of ether oxygens (including phenoxy) is 2. The zero-order valence-corrected chi connectivity index (χ0v) is 17.3. The van der Waals surface area contributed by atoms with E-state index in [9.17, 15) is 4.79 Å². The number of aromatic nitrogens is 3. The van der Waals surface area contributed by atoms with Gasteiger partial charge >= 0.3 is 0 Å². The molecule has 0 amide bonds. The van der Waals surface area contributed by atoms with Crippen molar-refractivity contribution in [2.24, 2.45) is 0 Å². The van der Waals surface area contributed by atoms with Crippen LogP contribution in [0.4, 0.5) is 0 Å². The van der Waals surface area contributed by atoms with Crippen LogP contribution in [0.15, 0.2) is 60.7 Å². The maximum absolute atomic E-state index is 10.8. The van der Waals surface area contributed by atoms with Gasteiger partial charge < -0.3 is 9.47 Å². The second kappa shape index (κ2) is 9.15. The Morgan fingerprint density at radius 1 is 0.867 bits per heavy atom. The molecule has 0 saturated heterocycles. The van der Waals surface area contributed by atoms with Gasteiger partial charge in [-0.05, 0) is 48.5 Å². The smallest absolute Gasteiger partial charge is 0.150 e. The van der Waals surface area contributed by atoms with Crippen molar-refractivity contribution in [1.82, 2.24) is 15.0 Å². The molecule has 4 rings (SSSR count). The fourth-order valence-corrected chi connectivity index (χ4v) is 3.28. The van der Waals surface area contributed by atoms with Crippen LogP contribution in [0.2, 0.25) is 10.0 Å². The molecule has 152 valence electrons. The summed E-state index contributed by atoms with van der Waals surface area (Å²) in [7, 11) is 0. The number of nitrogens with zero attached hydrogens (tertiary/aromatic N) is 3. The number of rotatable bonds is 8. The first-order chi connectivity index (χ1) is 14.6. The van der Waals surface area contributed by atoms with Crippen molar-refractivity contribution in [3.05, 3.63) is 76.3 Å². The van der Waals surface area contributed by atoms with Crippen molar-refractivity contribution in [1.29, 1.82) is 0 Å². The summed E-state index contributed by atoms with van der Waals surface area (Å²) >= 11 is 12.3. The van der Waals surface area contributed by atoms with Gasteiger partial charge in [0.2, 0.25) is 0 Å². The average molecular weight is 442 g/mol. The number of hydrogen-bond acceptors (Lipinski definition) is 5. The van der Waals surface area contributed by atoms with Gasteiger partial charge in [-0.1, -0.05) is 35.3 Å². The molecule has 1 aromatic heterocycles. The molecule has 0 aliphatic carbocycles. The molecule has 0 atom stereocenters. The number of hydrogen-bond donors (Lipinski definition) is 0. The first-order valence-corrected chi connectivity index (χ1v) is 10.0. The summed E-state index contributed by atoms with van der Waals surface area (Å²) in [5.74, 6) is 1.15. The van der Waals surface area contributed by atoms with Crippen LogP contribution in [0.1, 0.15) is 16.8 Å². The van der Waals surface area contributed by atoms with E-state index in [0.717, 1.165) is 17.3 Å². The van der Waals surface area contributed by atoms with Crippen molar-refractivity contribution in [3.63, 3.8) is 0 Å². The van der Waals surface area contributed by atoms with Crippen LogP contribution in [0.5, 0.6) is 11.5 Å². The standard InChI is InChI=1S/C22H17Cl2N3O3/c23-16-7-9-22(20(13-16)27-25-18-4-1-2-5-19(18)26-27)30-11-3-10-29-21-8-6-15(14-28)12-17(21)24/h1-2,4-9,12-14H,3,10-11H2. The molecule has 0 spiro atoms. The maximum Gasteiger partial charge on any atom is 0.150 e. The topological polar surface area (TPSA) is 66.2 Å². The van der Waals surface area contributed by atoms with Gasteiger partial charge in [-0.3, -0.25) is 4.79 Å². The van der Waals surface area contributed by atoms with Crippen molar-refractivity contribution >= 4 is 40.5 Å². The molecule has 3 aromatic carbocycles. The number of carbonyl (C=O) groups is 1. The van der Waals surface area contributed by atoms with Gasteiger partial charge in [0, 0.05) is 17.0 Å². The first-order valence-electron chi connectivity index (χ1n) is 9.26. The van der Waals surface area contributed by atoms with E-state index in [1.54, 1.807) is 36.4 Å². The van der Waals surface area contributed by atoms with Crippen LogP contribution < -0.4 is 9.47 Å². The molecule has 1 heterocycles. The van der Waals surface area contributed by atoms with Crippen LogP contribution in [0.25, 0.3) is 16.7 Å². The zero-order valence-electron chi connectivity index (χ0n) is 15.8. The molecule has 4 aromatic rings. The Kier molecular flexibility index (Phi) is 6.16. The minimum absolute atomic E-state index is 0.400. The number of fused-ring (bicyclic) bond motifs is 1. The molecule has 0 saturated carbocycles. The van der Waals surface area contributed by atoms with E-state index >= 15 is 0 Å². The van der Waals surface area contributed by atoms with Crippen LogP contribution in [-0.2, 0) is 0 Å². The second-order valence-electron chi connectivity index (χ2n) is 6.45. The predicted octanol–water partition coefficient (Wildman–Crippen LogP) is 5.39. The van der Waals surface area contributed by atoms with Crippen molar-refractivity contribution in [2.75, 3.05) is 13.2 Å². The largest absolute Gasteiger partial charge is 0.492 e. The SMILES string of the molecule is O=Cc1ccc(OCCCOc2ccc(Cl)cc2-n2nc3ccccc3n2)c(Cl)c1. The number of carbonyl (C=O) groups excluding carboxylic acids is 1. The number of aldehydes is 1. The van der Waals surface area contributed by atoms with Crippen LogP contribution in [0.3, 0.4) is 0 Å². The van der Waals surface area contributed by atoms with Gasteiger partial charge in [0.05, 0.1) is 18.2 Å². The van der Waals surface area contributed by atoms with E-state index < -0.39 is 0 Å². The predicted molar refractivity (Wildman–Crippen MR) is 116 cm³/mol. The Morgan fingerprint density at radius 3 is 2.20 bits per heavy atom. The second-order valence-corrected chi connectivity index (χ2v) is 7.29. The summed E-state index contributed by atoms with van der Waals surface area (Å²) in [4.78, 5) is 12.3. The molecule has 0 unspecified atom stereocenters. The van der Waals surface area contributed by atoms with E-state index in [2.05, 4.69) is 10.2 Å². The van der Waals surface area contributed by atoms with E-state index in [-0.39, 0.29) is 0 Å². The van der Waals surface area contributed by atoms with Crippen LogP contribution in [0, 0.1) is 0 Å². The van der Waals surface area contributed by atoms with Crippen molar-refractivity contribution in [2.45, 2.75) is 6.42 Å². The minimum atomic E-state index is 0.400. The molecule has 30 heavy (non-hydrogen) atoms. The maximum atomic E-state index is 10.8. The Labute approximate surface area is 182 Å². The zero-order chi connectivity index (χ0) is 20.9. The summed E-state index contributed by atoms with van der Waals surface area (Å²) < 4.78 is 11.6. The van der Waals surface area contributed by atoms with E-state index in [1.807, 2.05) is 24.3 Å². The molecule has 6 nitrogen and oxygen atoms in total. The third kappa shape index (κ3) is 4.56. The highest BCUT2D eigenvalue weighted by Gasteiger charge is 2.11. The fraction of sp³-hybridized carbons (Fsp3) is 0.136. The quantitative estimate of drug-likeness (QED) is 0.271. The Morgan fingerprint density at radius 2 is 1.53 bits per heavy atom. The van der Waals surface area contributed by atoms with Gasteiger partial charge in [-0.15, -0.1) is 15.0 Å². The number of halogens is 2. The minimum Gasteiger partial charge on any atom is -0.492 e. The van der Waals surface area contributed by atoms with E-state index in [0.29, 0.717) is 52.4 Å². The number of benzene rings is 3. The highest BCUT2D eigenvalue weighted by Crippen LogP contribution is 2.27. The van der Waals surface area contributed by atoms with Crippen LogP contribution >= 0.6 is 23.2 Å². The fourth-order valence-electron chi connectivity index (χ4n) is 2.87. The molecule has 0 bridgehead atoms. The first kappa shape index (κ1) is 20.2. The molecular formula is C22H17Cl2N3O3. The van der Waals surface area contributed by atoms with Crippen molar-refractivity contribution < 1.29 is 14.3 Å². The van der Waals surface area contributed by atoms with Crippen LogP contribution in [-0.4, -0.2) is 34.5 Å². The van der Waals surface area contributed by atoms with Gasteiger partial charge in [-0.2, -0.15) is 0 Å². The summed E-state index contributed by atoms with van der Waals surface area (Å²) in [6.07, 6.45) is 1.37. The van der Waals surface area contributed by atoms with Gasteiger partial charge in [0.15, 0.2) is 0 Å². The van der Waals surface area contributed by atoms with Gasteiger partial charge in [0.1, 0.15) is 34.5 Å². The van der Waals surface area contributed by atoms with Gasteiger partial charge in [0.25, 0.3) is 0 Å². The molecule has 0 radical (unpaired) electrons. The van der Waals surface area contributed by atoms with E-state index in [1.165, 1.54) is 4.80 Å². The monoisotopic (exact) mass is 441 g/mol. The average Bonchev–Trinajstić information content (AvgIpc) is 3.19. The molecule has 0 aliphatic rings. The van der Waals surface area contributed by atoms with Gasteiger partial charge in [-0.25, -0.2) is 0 Å². The normalized spacial score (nSPS) is 10.9. The Balaban J connectivity index is 1.40. The molecule has 8 heteroatoms. The molecule has 0 aliphatic heterocycles. The lowest BCUT2D eigenvalue weighted by Gasteiger charge is -2.12. The molecule has 0 fully saturated rings. The lowest BCUT2D eigenvalue weighted by atomic mass is 10.2. The summed E-state index contributed by atoms with van der Waals surface area (Å²) in [5.41, 5.74) is 2.74. The lowest BCUT2D eigenvalue weighted by Crippen LogP contribution is -2.08. The summed E-state index contributed by atoms with van der Waals surface area (Å²) in [5, 5.41) is 9.96. The Hall–Kier alpha value is -3.09. The highest BCUT2D eigenvalue weighted by atomic mass is 35.5. The molecular weight excluding hydrogens is 425 g/mol. The van der Waals surface area contributed by atoms with Crippen molar-refractivity contribution in [3.8, 4) is 17.2 Å². The lowest BCUT2D eigenvalue weighted by molar-refractivity contribution is 0.112. The third-order valence-electron chi connectivity index (χ3n) is 4.32. The highest BCUT2D eigenvalue weighted by molar-refractivity contribution is 6.32. The third-order valence-corrected chi connectivity index (χ3v) is 4.85. The summed E-state index contributed by atoms with van der Waals surface area (Å²) in [6, 6.07) is 17.8.